The molecular formula is C14H18N2O3. The van der Waals surface area contributed by atoms with E-state index >= 15 is 0 Å². The molecule has 1 unspecified atom stereocenters. The Morgan fingerprint density at radius 2 is 2.11 bits per heavy atom. The van der Waals surface area contributed by atoms with E-state index in [0.717, 1.165) is 5.56 Å². The summed E-state index contributed by atoms with van der Waals surface area (Å²) < 4.78 is 5.28. The van der Waals surface area contributed by atoms with E-state index in [1.807, 2.05) is 12.1 Å². The van der Waals surface area contributed by atoms with Crippen LogP contribution in [0.2, 0.25) is 0 Å². The number of imide groups is 1. The van der Waals surface area contributed by atoms with E-state index in [-0.39, 0.29) is 17.7 Å². The maximum Gasteiger partial charge on any atom is 0.235 e. The zero-order valence-corrected chi connectivity index (χ0v) is 11.4. The summed E-state index contributed by atoms with van der Waals surface area (Å²) in [7, 11) is 1.57. The SMILES string of the molecule is COc1nc(C2CCC(=O)NC2=O)ccc1C(C)C. The van der Waals surface area contributed by atoms with E-state index in [1.165, 1.54) is 0 Å². The standard InChI is InChI=1S/C14H18N2O3/c1-8(2)9-4-6-11(15-14(9)19-3)10-5-7-12(17)16-13(10)18/h4,6,8,10H,5,7H2,1-3H3,(H,16,17,18). The van der Waals surface area contributed by atoms with Crippen molar-refractivity contribution in [3.63, 3.8) is 0 Å². The smallest absolute Gasteiger partial charge is 0.235 e. The monoisotopic (exact) mass is 262 g/mol. The Kier molecular flexibility index (Phi) is 3.83. The lowest BCUT2D eigenvalue weighted by Crippen LogP contribution is -2.39. The number of carbonyl (C=O) groups is 2. The van der Waals surface area contributed by atoms with Gasteiger partial charge in [0.25, 0.3) is 0 Å². The molecule has 1 aliphatic heterocycles. The van der Waals surface area contributed by atoms with Gasteiger partial charge in [-0.25, -0.2) is 4.98 Å². The van der Waals surface area contributed by atoms with Gasteiger partial charge in [-0.15, -0.1) is 0 Å². The van der Waals surface area contributed by atoms with Crippen LogP contribution in [0.5, 0.6) is 5.88 Å². The minimum atomic E-state index is -0.368. The van der Waals surface area contributed by atoms with Crippen molar-refractivity contribution in [3.8, 4) is 5.88 Å². The average Bonchev–Trinajstić information content (AvgIpc) is 2.37. The number of methoxy groups -OCH3 is 1. The summed E-state index contributed by atoms with van der Waals surface area (Å²) in [6, 6.07) is 3.79. The Morgan fingerprint density at radius 3 is 2.68 bits per heavy atom. The maximum atomic E-state index is 11.8. The number of amides is 2. The van der Waals surface area contributed by atoms with Gasteiger partial charge in [0.05, 0.1) is 18.7 Å². The van der Waals surface area contributed by atoms with Gasteiger partial charge in [-0.3, -0.25) is 14.9 Å². The normalized spacial score (nSPS) is 19.5. The average molecular weight is 262 g/mol. The minimum Gasteiger partial charge on any atom is -0.481 e. The molecule has 1 saturated heterocycles. The molecule has 2 rings (SSSR count). The van der Waals surface area contributed by atoms with Crippen molar-refractivity contribution < 1.29 is 14.3 Å². The molecule has 0 aliphatic carbocycles. The number of carbonyl (C=O) groups excluding carboxylic acids is 2. The van der Waals surface area contributed by atoms with Crippen LogP contribution in [-0.4, -0.2) is 23.9 Å². The maximum absolute atomic E-state index is 11.8. The summed E-state index contributed by atoms with van der Waals surface area (Å²) in [5.41, 5.74) is 1.67. The summed E-state index contributed by atoms with van der Waals surface area (Å²) in [6.07, 6.45) is 0.855. The molecule has 5 heteroatoms. The Labute approximate surface area is 112 Å². The highest BCUT2D eigenvalue weighted by Gasteiger charge is 2.29. The topological polar surface area (TPSA) is 68.3 Å². The van der Waals surface area contributed by atoms with E-state index in [9.17, 15) is 9.59 Å². The van der Waals surface area contributed by atoms with Crippen LogP contribution in [0.25, 0.3) is 0 Å². The first-order chi connectivity index (χ1) is 9.02. The largest absolute Gasteiger partial charge is 0.481 e. The molecule has 1 atom stereocenters. The number of hydrogen-bond donors (Lipinski definition) is 1. The van der Waals surface area contributed by atoms with Gasteiger partial charge in [0.15, 0.2) is 0 Å². The summed E-state index contributed by atoms with van der Waals surface area (Å²) in [5.74, 6) is -0.00149. The fourth-order valence-corrected chi connectivity index (χ4v) is 2.24. The van der Waals surface area contributed by atoms with Crippen molar-refractivity contribution in [2.24, 2.45) is 0 Å². The van der Waals surface area contributed by atoms with Crippen LogP contribution < -0.4 is 10.1 Å². The van der Waals surface area contributed by atoms with Gasteiger partial charge in [0.1, 0.15) is 0 Å². The first kappa shape index (κ1) is 13.5. The molecule has 1 aliphatic rings. The van der Waals surface area contributed by atoms with Crippen LogP contribution in [0.3, 0.4) is 0 Å². The number of nitrogens with zero attached hydrogens (tertiary/aromatic N) is 1. The molecule has 1 aromatic rings. The van der Waals surface area contributed by atoms with Crippen LogP contribution in [-0.2, 0) is 9.59 Å². The number of nitrogens with one attached hydrogen (secondary N) is 1. The molecule has 2 heterocycles. The number of piperidine rings is 1. The number of pyridine rings is 1. The first-order valence-electron chi connectivity index (χ1n) is 6.41. The molecule has 0 bridgehead atoms. The molecule has 0 radical (unpaired) electrons. The van der Waals surface area contributed by atoms with Crippen LogP contribution in [0.15, 0.2) is 12.1 Å². The van der Waals surface area contributed by atoms with Gasteiger partial charge in [-0.05, 0) is 18.4 Å². The van der Waals surface area contributed by atoms with Gasteiger partial charge in [-0.1, -0.05) is 19.9 Å². The Bertz CT molecular complexity index is 511. The minimum absolute atomic E-state index is 0.216. The third-order valence-corrected chi connectivity index (χ3v) is 3.32. The second-order valence-electron chi connectivity index (χ2n) is 4.99. The number of ether oxygens (including phenoxy) is 1. The predicted octanol–water partition coefficient (Wildman–Crippen LogP) is 1.73. The fraction of sp³-hybridized carbons (Fsp3) is 0.500. The van der Waals surface area contributed by atoms with Gasteiger partial charge >= 0.3 is 0 Å². The highest BCUT2D eigenvalue weighted by molar-refractivity contribution is 6.00. The molecule has 1 N–H and O–H groups in total. The molecule has 5 nitrogen and oxygen atoms in total. The number of rotatable bonds is 3. The Balaban J connectivity index is 2.31. The molecule has 1 aromatic heterocycles. The van der Waals surface area contributed by atoms with E-state index in [0.29, 0.717) is 30.3 Å². The van der Waals surface area contributed by atoms with Crippen molar-refractivity contribution in [1.82, 2.24) is 10.3 Å². The van der Waals surface area contributed by atoms with Gasteiger partial charge in [0.2, 0.25) is 17.7 Å². The first-order valence-corrected chi connectivity index (χ1v) is 6.41. The summed E-state index contributed by atoms with van der Waals surface area (Å²) in [5, 5.41) is 2.34. The van der Waals surface area contributed by atoms with Crippen molar-refractivity contribution in [2.45, 2.75) is 38.5 Å². The molecule has 0 spiro atoms. The van der Waals surface area contributed by atoms with Crippen molar-refractivity contribution >= 4 is 11.8 Å². The molecule has 102 valence electrons. The highest BCUT2D eigenvalue weighted by atomic mass is 16.5. The van der Waals surface area contributed by atoms with Gasteiger partial charge in [-0.2, -0.15) is 0 Å². The van der Waals surface area contributed by atoms with E-state index in [4.69, 9.17) is 4.74 Å². The molecule has 2 amide bonds. The molecular weight excluding hydrogens is 244 g/mol. The highest BCUT2D eigenvalue weighted by Crippen LogP contribution is 2.29. The second-order valence-corrected chi connectivity index (χ2v) is 4.99. The summed E-state index contributed by atoms with van der Waals surface area (Å²) in [6.45, 7) is 4.12. The van der Waals surface area contributed by atoms with Crippen LogP contribution in [0.1, 0.15) is 49.8 Å². The van der Waals surface area contributed by atoms with Crippen molar-refractivity contribution in [1.29, 1.82) is 0 Å². The lowest BCUT2D eigenvalue weighted by Gasteiger charge is -2.21. The zero-order chi connectivity index (χ0) is 14.0. The third-order valence-electron chi connectivity index (χ3n) is 3.32. The second kappa shape index (κ2) is 5.38. The Hall–Kier alpha value is -1.91. The molecule has 0 aromatic carbocycles. The summed E-state index contributed by atoms with van der Waals surface area (Å²) in [4.78, 5) is 27.4. The van der Waals surface area contributed by atoms with Gasteiger partial charge in [0, 0.05) is 12.0 Å². The molecule has 1 fully saturated rings. The molecule has 0 saturated carbocycles. The zero-order valence-electron chi connectivity index (χ0n) is 11.4. The van der Waals surface area contributed by atoms with Crippen LogP contribution >= 0.6 is 0 Å². The lowest BCUT2D eigenvalue weighted by atomic mass is 9.93. The fourth-order valence-electron chi connectivity index (χ4n) is 2.24. The molecule has 19 heavy (non-hydrogen) atoms. The quantitative estimate of drug-likeness (QED) is 0.842. The Morgan fingerprint density at radius 1 is 1.37 bits per heavy atom. The third kappa shape index (κ3) is 2.75. The van der Waals surface area contributed by atoms with E-state index in [1.54, 1.807) is 7.11 Å². The predicted molar refractivity (Wildman–Crippen MR) is 70.0 cm³/mol. The van der Waals surface area contributed by atoms with Crippen LogP contribution in [0.4, 0.5) is 0 Å². The number of hydrogen-bond acceptors (Lipinski definition) is 4. The number of aromatic nitrogens is 1. The van der Waals surface area contributed by atoms with Crippen molar-refractivity contribution in [2.75, 3.05) is 7.11 Å². The van der Waals surface area contributed by atoms with E-state index in [2.05, 4.69) is 24.1 Å². The lowest BCUT2D eigenvalue weighted by molar-refractivity contribution is -0.134. The van der Waals surface area contributed by atoms with E-state index < -0.39 is 0 Å². The van der Waals surface area contributed by atoms with Crippen LogP contribution in [0, 0.1) is 0 Å². The van der Waals surface area contributed by atoms with Crippen molar-refractivity contribution in [3.05, 3.63) is 23.4 Å². The summed E-state index contributed by atoms with van der Waals surface area (Å²) >= 11 is 0. The van der Waals surface area contributed by atoms with Gasteiger partial charge < -0.3 is 4.74 Å².